The van der Waals surface area contributed by atoms with Gasteiger partial charge in [0, 0.05) is 17.3 Å². The lowest BCUT2D eigenvalue weighted by Gasteiger charge is -2.55. The Hall–Kier alpha value is -1.18. The van der Waals surface area contributed by atoms with Crippen molar-refractivity contribution in [3.8, 4) is 0 Å². The van der Waals surface area contributed by atoms with Gasteiger partial charge in [-0.2, -0.15) is 0 Å². The van der Waals surface area contributed by atoms with Crippen molar-refractivity contribution < 1.29 is 9.59 Å². The highest BCUT2D eigenvalue weighted by molar-refractivity contribution is 6.01. The molecular formula is C19H24O2. The van der Waals surface area contributed by atoms with Gasteiger partial charge in [-0.25, -0.2) is 0 Å². The Labute approximate surface area is 126 Å². The van der Waals surface area contributed by atoms with Crippen molar-refractivity contribution in [2.24, 2.45) is 28.6 Å². The summed E-state index contributed by atoms with van der Waals surface area (Å²) in [4.78, 5) is 24.0. The maximum absolute atomic E-state index is 12.3. The first kappa shape index (κ1) is 13.5. The predicted octanol–water partition coefficient (Wildman–Crippen LogP) is 3.86. The molecule has 0 aromatic carbocycles. The van der Waals surface area contributed by atoms with Crippen molar-refractivity contribution in [1.29, 1.82) is 0 Å². The Morgan fingerprint density at radius 3 is 2.67 bits per heavy atom. The molecule has 4 rings (SSSR count). The first-order chi connectivity index (χ1) is 9.95. The summed E-state index contributed by atoms with van der Waals surface area (Å²) in [5, 5.41) is 0. The van der Waals surface area contributed by atoms with E-state index in [0.29, 0.717) is 23.5 Å². The fraction of sp³-hybridized carbons (Fsp3) is 0.684. The number of allylic oxidation sites excluding steroid dienone is 4. The summed E-state index contributed by atoms with van der Waals surface area (Å²) in [6, 6.07) is 0. The summed E-state index contributed by atoms with van der Waals surface area (Å²) >= 11 is 0. The van der Waals surface area contributed by atoms with Gasteiger partial charge in [-0.05, 0) is 62.0 Å². The highest BCUT2D eigenvalue weighted by Gasteiger charge is 2.58. The van der Waals surface area contributed by atoms with Gasteiger partial charge in [-0.15, -0.1) is 0 Å². The SMILES string of the molecule is CC12C=CC(=O)C=C1CCC1C2CCC2(C)C(=O)CCC12. The molecule has 0 aromatic rings. The highest BCUT2D eigenvalue weighted by atomic mass is 16.1. The summed E-state index contributed by atoms with van der Waals surface area (Å²) in [6.07, 6.45) is 12.1. The van der Waals surface area contributed by atoms with Gasteiger partial charge in [-0.1, -0.05) is 25.5 Å². The minimum Gasteiger partial charge on any atom is -0.299 e. The molecule has 4 aliphatic rings. The summed E-state index contributed by atoms with van der Waals surface area (Å²) in [7, 11) is 0. The second-order valence-corrected chi connectivity index (χ2v) is 8.02. The molecule has 0 bridgehead atoms. The Morgan fingerprint density at radius 1 is 1.05 bits per heavy atom. The molecular weight excluding hydrogens is 260 g/mol. The van der Waals surface area contributed by atoms with Crippen molar-refractivity contribution in [3.05, 3.63) is 23.8 Å². The van der Waals surface area contributed by atoms with Crippen LogP contribution in [0.5, 0.6) is 0 Å². The van der Waals surface area contributed by atoms with Crippen LogP contribution in [0.3, 0.4) is 0 Å². The maximum Gasteiger partial charge on any atom is 0.178 e. The zero-order valence-electron chi connectivity index (χ0n) is 13.0. The van der Waals surface area contributed by atoms with E-state index in [1.807, 2.05) is 6.08 Å². The molecule has 0 amide bonds. The third-order valence-corrected chi connectivity index (χ3v) is 7.27. The first-order valence-electron chi connectivity index (χ1n) is 8.43. The van der Waals surface area contributed by atoms with Crippen LogP contribution in [0.25, 0.3) is 0 Å². The minimum absolute atomic E-state index is 0.0487. The molecule has 0 aliphatic heterocycles. The molecule has 0 saturated heterocycles. The normalized spacial score (nSPS) is 48.5. The van der Waals surface area contributed by atoms with Crippen molar-refractivity contribution in [1.82, 2.24) is 0 Å². The van der Waals surface area contributed by atoms with Gasteiger partial charge in [0.2, 0.25) is 0 Å². The largest absolute Gasteiger partial charge is 0.299 e. The van der Waals surface area contributed by atoms with Gasteiger partial charge < -0.3 is 0 Å². The molecule has 0 radical (unpaired) electrons. The molecule has 3 saturated carbocycles. The van der Waals surface area contributed by atoms with Crippen LogP contribution in [-0.4, -0.2) is 11.6 Å². The number of hydrogen-bond acceptors (Lipinski definition) is 2. The molecule has 3 fully saturated rings. The lowest BCUT2D eigenvalue weighted by Crippen LogP contribution is -2.49. The van der Waals surface area contributed by atoms with Crippen LogP contribution in [0, 0.1) is 28.6 Å². The van der Waals surface area contributed by atoms with E-state index in [0.717, 1.165) is 32.1 Å². The van der Waals surface area contributed by atoms with Crippen LogP contribution >= 0.6 is 0 Å². The van der Waals surface area contributed by atoms with Gasteiger partial charge in [0.25, 0.3) is 0 Å². The molecule has 21 heavy (non-hydrogen) atoms. The fourth-order valence-corrected chi connectivity index (χ4v) is 5.97. The van der Waals surface area contributed by atoms with Crippen LogP contribution in [0.4, 0.5) is 0 Å². The van der Waals surface area contributed by atoms with Crippen LogP contribution < -0.4 is 0 Å². The van der Waals surface area contributed by atoms with Crippen LogP contribution in [0.15, 0.2) is 23.8 Å². The van der Waals surface area contributed by atoms with E-state index >= 15 is 0 Å². The topological polar surface area (TPSA) is 34.1 Å². The highest BCUT2D eigenvalue weighted by Crippen LogP contribution is 2.63. The van der Waals surface area contributed by atoms with Gasteiger partial charge in [0.05, 0.1) is 0 Å². The quantitative estimate of drug-likeness (QED) is 0.677. The average Bonchev–Trinajstić information content (AvgIpc) is 2.76. The summed E-state index contributed by atoms with van der Waals surface area (Å²) in [5.74, 6) is 2.51. The second kappa shape index (κ2) is 4.18. The number of Topliss-reactive ketones (excluding diaryl/α,β-unsaturated/α-hetero) is 1. The van der Waals surface area contributed by atoms with E-state index in [4.69, 9.17) is 0 Å². The van der Waals surface area contributed by atoms with Crippen LogP contribution in [0.2, 0.25) is 0 Å². The van der Waals surface area contributed by atoms with Crippen molar-refractivity contribution >= 4 is 11.6 Å². The molecule has 112 valence electrons. The maximum atomic E-state index is 12.3. The zero-order valence-corrected chi connectivity index (χ0v) is 13.0. The number of carbonyl (C=O) groups excluding carboxylic acids is 2. The van der Waals surface area contributed by atoms with Gasteiger partial charge in [0.15, 0.2) is 5.78 Å². The standard InChI is InChI=1S/C19H24O2/c1-18-9-7-13(20)11-12(18)3-4-14-15-5-6-17(21)19(15,2)10-8-16(14)18/h7,9,11,14-16H,3-6,8,10H2,1-2H3. The lowest BCUT2D eigenvalue weighted by molar-refractivity contribution is -0.131. The zero-order chi connectivity index (χ0) is 14.8. The summed E-state index contributed by atoms with van der Waals surface area (Å²) in [6.45, 7) is 4.54. The van der Waals surface area contributed by atoms with E-state index in [1.54, 1.807) is 6.08 Å². The summed E-state index contributed by atoms with van der Waals surface area (Å²) < 4.78 is 0. The van der Waals surface area contributed by atoms with E-state index < -0.39 is 0 Å². The number of ketones is 2. The van der Waals surface area contributed by atoms with Crippen LogP contribution in [0.1, 0.15) is 52.4 Å². The molecule has 5 unspecified atom stereocenters. The monoisotopic (exact) mass is 284 g/mol. The summed E-state index contributed by atoms with van der Waals surface area (Å²) in [5.41, 5.74) is 1.35. The van der Waals surface area contributed by atoms with E-state index in [1.165, 1.54) is 12.0 Å². The van der Waals surface area contributed by atoms with E-state index in [2.05, 4.69) is 19.9 Å². The van der Waals surface area contributed by atoms with Crippen molar-refractivity contribution in [2.45, 2.75) is 52.4 Å². The Morgan fingerprint density at radius 2 is 1.86 bits per heavy atom. The molecule has 2 nitrogen and oxygen atoms in total. The van der Waals surface area contributed by atoms with Crippen molar-refractivity contribution in [3.63, 3.8) is 0 Å². The number of carbonyl (C=O) groups is 2. The fourth-order valence-electron chi connectivity index (χ4n) is 5.97. The number of hydrogen-bond donors (Lipinski definition) is 0. The van der Waals surface area contributed by atoms with E-state index in [9.17, 15) is 9.59 Å². The first-order valence-corrected chi connectivity index (χ1v) is 8.43. The molecule has 4 aliphatic carbocycles. The second-order valence-electron chi connectivity index (χ2n) is 8.02. The van der Waals surface area contributed by atoms with Gasteiger partial charge in [-0.3, -0.25) is 9.59 Å². The van der Waals surface area contributed by atoms with Gasteiger partial charge in [0.1, 0.15) is 5.78 Å². The predicted molar refractivity (Wildman–Crippen MR) is 81.6 cm³/mol. The van der Waals surface area contributed by atoms with E-state index in [-0.39, 0.29) is 16.6 Å². The smallest absolute Gasteiger partial charge is 0.178 e. The molecule has 0 aromatic heterocycles. The Balaban J connectivity index is 1.72. The Kier molecular flexibility index (Phi) is 2.68. The number of fused-ring (bicyclic) bond motifs is 5. The van der Waals surface area contributed by atoms with Gasteiger partial charge >= 0.3 is 0 Å². The molecule has 0 spiro atoms. The molecule has 0 heterocycles. The Bertz CT molecular complexity index is 584. The third-order valence-electron chi connectivity index (χ3n) is 7.27. The molecule has 2 heteroatoms. The molecule has 5 atom stereocenters. The van der Waals surface area contributed by atoms with Crippen molar-refractivity contribution in [2.75, 3.05) is 0 Å². The lowest BCUT2D eigenvalue weighted by atomic mass is 9.48. The minimum atomic E-state index is -0.0487. The average molecular weight is 284 g/mol. The molecule has 0 N–H and O–H groups in total. The number of rotatable bonds is 0. The van der Waals surface area contributed by atoms with Crippen LogP contribution in [-0.2, 0) is 9.59 Å². The third kappa shape index (κ3) is 1.65.